The molecule has 0 N–H and O–H groups in total. The standard InChI is InChI=1S/2C8H11N.C8H7N.C7H10N2.2C7H6N2.3C6H5N3.9C4H10.B/c3*1-2-6-9-7-3-5-8(9)4-1;2*1-2-6-9-7(3-1)4-5-8-9;1-2-5-9-6-4-8-7(9)3-1;1-2-6-3-5-8-9(6)7-4-1;1-2-6-7-4-5-9(6)8-3-1;1-2-4-9-6(3-1)7-5-8-9;9*1-4(2)3;/h2*3,5,7H,1-2,4,6H2;1-7H;4-5H,1-3,6H2;2*1-6H;3*1-5H;9*4H,1-3H3;. The van der Waals surface area contributed by atoms with E-state index in [4.69, 9.17) is 0 Å². The average molecular weight is 1610 g/mol. The summed E-state index contributed by atoms with van der Waals surface area (Å²) < 4.78 is 17.7. The number of aromatic nitrogens is 18. The van der Waals surface area contributed by atoms with Crippen LogP contribution in [0.15, 0.2) is 257 Å². The van der Waals surface area contributed by atoms with E-state index in [9.17, 15) is 0 Å². The van der Waals surface area contributed by atoms with E-state index in [1.807, 2.05) is 168 Å². The Bertz CT molecular complexity index is 3700. The zero-order valence-corrected chi connectivity index (χ0v) is 78.1. The third-order valence-electron chi connectivity index (χ3n) is 13.5. The predicted octanol–water partition coefficient (Wildman–Crippen LogP) is 26.2. The second kappa shape index (κ2) is 66.8. The Hall–Kier alpha value is -10.2. The first-order valence-corrected chi connectivity index (χ1v) is 43.1. The lowest BCUT2D eigenvalue weighted by Crippen LogP contribution is -2.10. The van der Waals surface area contributed by atoms with E-state index in [-0.39, 0.29) is 8.41 Å². The first-order valence-electron chi connectivity index (χ1n) is 43.1. The molecule has 0 fully saturated rings. The number of imidazole rings is 2. The van der Waals surface area contributed by atoms with Crippen molar-refractivity contribution >= 4 is 41.9 Å². The number of fused-ring (bicyclic) bond motifs is 9. The highest BCUT2D eigenvalue weighted by Crippen LogP contribution is 2.16. The summed E-state index contributed by atoms with van der Waals surface area (Å²) in [6, 6.07) is 50.3. The predicted molar refractivity (Wildman–Crippen MR) is 507 cm³/mol. The normalized spacial score (nSPS) is 11.4. The van der Waals surface area contributed by atoms with E-state index in [1.54, 1.807) is 50.8 Å². The van der Waals surface area contributed by atoms with Gasteiger partial charge in [0.1, 0.15) is 12.0 Å². The maximum absolute atomic E-state index is 4.17. The van der Waals surface area contributed by atoms with E-state index < -0.39 is 0 Å². The minimum absolute atomic E-state index is 0. The van der Waals surface area contributed by atoms with Crippen molar-refractivity contribution in [3.63, 3.8) is 0 Å². The molecule has 15 aromatic heterocycles. The summed E-state index contributed by atoms with van der Waals surface area (Å²) in [7, 11) is 0. The number of aryl methyl sites for hydroxylation is 6. The van der Waals surface area contributed by atoms with Gasteiger partial charge in [-0.2, -0.15) is 35.2 Å². The first-order chi connectivity index (χ1) is 55.8. The molecule has 18 nitrogen and oxygen atoms in total. The minimum Gasteiger partial charge on any atom is -0.351 e. The molecule has 0 aromatic carbocycles. The fourth-order valence-corrected chi connectivity index (χ4v) is 9.32. The molecule has 0 unspecified atom stereocenters. The molecule has 0 spiro atoms. The van der Waals surface area contributed by atoms with Crippen LogP contribution in [-0.4, -0.2) is 94.8 Å². The summed E-state index contributed by atoms with van der Waals surface area (Å²) in [5, 5.41) is 24.0. The van der Waals surface area contributed by atoms with Crippen LogP contribution in [0.25, 0.3) is 33.5 Å². The van der Waals surface area contributed by atoms with Crippen molar-refractivity contribution in [1.29, 1.82) is 0 Å². The van der Waals surface area contributed by atoms with Crippen molar-refractivity contribution in [3.05, 3.63) is 274 Å². The highest BCUT2D eigenvalue weighted by Gasteiger charge is 2.08. The minimum atomic E-state index is 0. The molecule has 15 aromatic rings. The molecule has 0 saturated carbocycles. The summed E-state index contributed by atoms with van der Waals surface area (Å²) in [4.78, 5) is 12.1. The summed E-state index contributed by atoms with van der Waals surface area (Å²) in [6.07, 6.45) is 43.7. The van der Waals surface area contributed by atoms with Gasteiger partial charge in [0.25, 0.3) is 0 Å². The Morgan fingerprint density at radius 1 is 0.237 bits per heavy atom. The average Bonchev–Trinajstić information content (AvgIpc) is 1.82. The summed E-state index contributed by atoms with van der Waals surface area (Å²) in [5.41, 5.74) is 10.6. The Labute approximate surface area is 716 Å². The van der Waals surface area contributed by atoms with Gasteiger partial charge in [-0.15, -0.1) is 0 Å². The summed E-state index contributed by atoms with van der Waals surface area (Å²) in [6.45, 7) is 62.1. The number of hydrogen-bond donors (Lipinski definition) is 0. The molecule has 0 bridgehead atoms. The van der Waals surface area contributed by atoms with Gasteiger partial charge in [0.2, 0.25) is 0 Å². The lowest BCUT2D eigenvalue weighted by Gasteiger charge is -2.13. The van der Waals surface area contributed by atoms with Crippen LogP contribution in [0.1, 0.15) is 243 Å². The lowest BCUT2D eigenvalue weighted by atomic mass is 10.1. The van der Waals surface area contributed by atoms with Crippen LogP contribution < -0.4 is 0 Å². The Kier molecular flexibility index (Phi) is 61.1. The molecule has 0 atom stereocenters. The van der Waals surface area contributed by atoms with Crippen LogP contribution in [0, 0.1) is 53.3 Å². The lowest BCUT2D eigenvalue weighted by molar-refractivity contribution is 0.486. The van der Waals surface area contributed by atoms with E-state index >= 15 is 0 Å². The Balaban J connectivity index is 0.00000124. The molecule has 18 heterocycles. The molecule has 3 aliphatic heterocycles. The SMILES string of the molecule is CC(C)C.CC(C)C.CC(C)C.CC(C)C.CC(C)C.CC(C)C.CC(C)C.CC(C)C.CC(C)C.[B].c1cc2n(c1)CCCC2.c1cc2n(c1)CCCC2.c1cc2n(n1)CCCC2.c1ccn2cccc2c1.c1ccn2ccnc2c1.c1ccn2nccc2c1.c1ccn2ncnc2c1.c1cnn2ccnc2c1.c1cnn2nccc2c1. The van der Waals surface area contributed by atoms with Gasteiger partial charge < -0.3 is 17.9 Å². The second-order valence-electron chi connectivity index (χ2n) is 34.5. The zero-order valence-electron chi connectivity index (χ0n) is 78.1. The van der Waals surface area contributed by atoms with Crippen molar-refractivity contribution in [2.45, 2.75) is 264 Å². The molecule has 0 aliphatic carbocycles. The molecule has 3 aliphatic rings. The fraction of sp³-hybridized carbons (Fsp3) is 0.485. The molecule has 18 rings (SSSR count). The largest absolute Gasteiger partial charge is 0.351 e. The van der Waals surface area contributed by atoms with E-state index in [0.717, 1.165) is 87.8 Å². The van der Waals surface area contributed by atoms with E-state index in [1.165, 1.54) is 99.8 Å². The van der Waals surface area contributed by atoms with Crippen molar-refractivity contribution in [3.8, 4) is 0 Å². The highest BCUT2D eigenvalue weighted by molar-refractivity contribution is 5.75. The molecule has 645 valence electrons. The maximum atomic E-state index is 4.17. The van der Waals surface area contributed by atoms with Crippen molar-refractivity contribution in [1.82, 2.24) is 86.3 Å². The molecule has 118 heavy (non-hydrogen) atoms. The van der Waals surface area contributed by atoms with Gasteiger partial charge >= 0.3 is 0 Å². The zero-order chi connectivity index (χ0) is 87.1. The van der Waals surface area contributed by atoms with Crippen molar-refractivity contribution in [2.24, 2.45) is 53.3 Å². The van der Waals surface area contributed by atoms with Crippen LogP contribution in [0.4, 0.5) is 0 Å². The maximum Gasteiger partial charge on any atom is 0.155 e. The molecular weight excluding hydrogens is 1450 g/mol. The van der Waals surface area contributed by atoms with E-state index in [0.29, 0.717) is 0 Å². The summed E-state index contributed by atoms with van der Waals surface area (Å²) >= 11 is 0. The Morgan fingerprint density at radius 3 is 1.10 bits per heavy atom. The van der Waals surface area contributed by atoms with Crippen molar-refractivity contribution in [2.75, 3.05) is 0 Å². The number of rotatable bonds is 0. The van der Waals surface area contributed by atoms with Gasteiger partial charge in [-0.05, 0) is 238 Å². The molecule has 3 radical (unpaired) electrons. The van der Waals surface area contributed by atoms with Crippen LogP contribution in [0.5, 0.6) is 0 Å². The number of pyridine rings is 4. The van der Waals surface area contributed by atoms with Gasteiger partial charge in [0, 0.05) is 144 Å². The monoisotopic (exact) mass is 1610 g/mol. The van der Waals surface area contributed by atoms with Gasteiger partial charge in [-0.3, -0.25) is 4.68 Å². The summed E-state index contributed by atoms with van der Waals surface area (Å²) in [5.74, 6) is 7.50. The molecule has 19 heteroatoms. The first kappa shape index (κ1) is 108. The third kappa shape index (κ3) is 57.0. The third-order valence-corrected chi connectivity index (χ3v) is 13.5. The topological polar surface area (TPSA) is 157 Å². The number of hydrogen-bond acceptors (Lipinski definition) is 9. The van der Waals surface area contributed by atoms with Gasteiger partial charge in [-0.1, -0.05) is 211 Å². The van der Waals surface area contributed by atoms with Gasteiger partial charge in [0.15, 0.2) is 11.3 Å². The molecule has 0 amide bonds. The quantitative estimate of drug-likeness (QED) is 0.135. The van der Waals surface area contributed by atoms with Crippen LogP contribution in [-0.2, 0) is 38.9 Å². The van der Waals surface area contributed by atoms with Crippen LogP contribution in [0.2, 0.25) is 0 Å². The van der Waals surface area contributed by atoms with Crippen molar-refractivity contribution < 1.29 is 0 Å². The second-order valence-corrected chi connectivity index (χ2v) is 34.5. The molecular formula is C99H156BN18. The molecule has 0 saturated heterocycles. The highest BCUT2D eigenvalue weighted by atomic mass is 15.4. The number of nitrogens with zero attached hydrogens (tertiary/aromatic N) is 18. The smallest absolute Gasteiger partial charge is 0.155 e. The van der Waals surface area contributed by atoms with Crippen LogP contribution in [0.3, 0.4) is 0 Å². The Morgan fingerprint density at radius 2 is 0.602 bits per heavy atom. The van der Waals surface area contributed by atoms with Gasteiger partial charge in [-0.25, -0.2) is 28.5 Å². The fourth-order valence-electron chi connectivity index (χ4n) is 9.32. The van der Waals surface area contributed by atoms with E-state index in [2.05, 4.69) is 306 Å². The van der Waals surface area contributed by atoms with Crippen LogP contribution >= 0.6 is 0 Å². The van der Waals surface area contributed by atoms with Gasteiger partial charge in [0.05, 0.1) is 17.2 Å².